The van der Waals surface area contributed by atoms with Gasteiger partial charge in [0.05, 0.1) is 28.0 Å². The summed E-state index contributed by atoms with van der Waals surface area (Å²) in [5.41, 5.74) is 1.60. The molecule has 0 spiro atoms. The molecule has 0 bridgehead atoms. The zero-order valence-corrected chi connectivity index (χ0v) is 18.9. The van der Waals surface area contributed by atoms with Crippen LogP contribution in [0.5, 0.6) is 0 Å². The third-order valence-corrected chi connectivity index (χ3v) is 6.15. The number of halogens is 1. The van der Waals surface area contributed by atoms with Crippen LogP contribution in [0.25, 0.3) is 16.6 Å². The van der Waals surface area contributed by atoms with Crippen molar-refractivity contribution in [1.29, 1.82) is 0 Å². The van der Waals surface area contributed by atoms with Gasteiger partial charge in [0.1, 0.15) is 5.82 Å². The molecule has 0 radical (unpaired) electrons. The molecule has 3 rings (SSSR count). The van der Waals surface area contributed by atoms with Crippen molar-refractivity contribution in [3.05, 3.63) is 70.3 Å². The maximum absolute atomic E-state index is 13.5. The van der Waals surface area contributed by atoms with Crippen molar-refractivity contribution in [2.24, 2.45) is 5.41 Å². The van der Waals surface area contributed by atoms with E-state index in [0.29, 0.717) is 23.1 Å². The van der Waals surface area contributed by atoms with Gasteiger partial charge in [-0.1, -0.05) is 36.8 Å². The van der Waals surface area contributed by atoms with Gasteiger partial charge in [-0.05, 0) is 51.5 Å². The molecule has 3 aromatic rings. The van der Waals surface area contributed by atoms with E-state index in [4.69, 9.17) is 16.6 Å². The van der Waals surface area contributed by atoms with Gasteiger partial charge >= 0.3 is 0 Å². The van der Waals surface area contributed by atoms with Gasteiger partial charge in [-0.15, -0.1) is 11.6 Å². The maximum Gasteiger partial charge on any atom is 0.266 e. The molecule has 0 saturated heterocycles. The second-order valence-corrected chi connectivity index (χ2v) is 8.59. The van der Waals surface area contributed by atoms with Crippen LogP contribution in [0.15, 0.2) is 53.3 Å². The Morgan fingerprint density at radius 1 is 1.17 bits per heavy atom. The van der Waals surface area contributed by atoms with Gasteiger partial charge < -0.3 is 4.90 Å². The highest BCUT2D eigenvalue weighted by Crippen LogP contribution is 2.29. The largest absolute Gasteiger partial charge is 0.335 e. The molecule has 0 aliphatic rings. The van der Waals surface area contributed by atoms with Crippen molar-refractivity contribution < 1.29 is 4.79 Å². The summed E-state index contributed by atoms with van der Waals surface area (Å²) in [7, 11) is 1.76. The van der Waals surface area contributed by atoms with E-state index in [9.17, 15) is 9.59 Å². The fourth-order valence-corrected chi connectivity index (χ4v) is 3.74. The van der Waals surface area contributed by atoms with Gasteiger partial charge in [-0.3, -0.25) is 14.2 Å². The van der Waals surface area contributed by atoms with E-state index >= 15 is 0 Å². The molecule has 1 aromatic heterocycles. The first kappa shape index (κ1) is 22.0. The van der Waals surface area contributed by atoms with Gasteiger partial charge in [-0.2, -0.15) is 0 Å². The molecule has 158 valence electrons. The van der Waals surface area contributed by atoms with Crippen molar-refractivity contribution >= 4 is 28.4 Å². The minimum atomic E-state index is -0.713. The number of benzene rings is 2. The fraction of sp³-hybridized carbons (Fsp3) is 0.375. The molecule has 1 atom stereocenters. The number of para-hydroxylation sites is 1. The summed E-state index contributed by atoms with van der Waals surface area (Å²) in [6.07, 6.45) is 0.608. The van der Waals surface area contributed by atoms with E-state index in [-0.39, 0.29) is 23.4 Å². The topological polar surface area (TPSA) is 55.2 Å². The minimum absolute atomic E-state index is 0.0813. The fourth-order valence-electron chi connectivity index (χ4n) is 3.62. The highest BCUT2D eigenvalue weighted by molar-refractivity contribution is 6.19. The number of fused-ring (bicyclic) bond motifs is 1. The Hall–Kier alpha value is -2.66. The number of nitrogens with zero attached hydrogens (tertiary/aromatic N) is 3. The Morgan fingerprint density at radius 3 is 2.40 bits per heavy atom. The maximum atomic E-state index is 13.5. The minimum Gasteiger partial charge on any atom is -0.335 e. The average molecular weight is 426 g/mol. The molecule has 0 N–H and O–H groups in total. The molecule has 1 amide bonds. The molecule has 1 unspecified atom stereocenters. The number of carbonyl (C=O) groups is 1. The Balaban J connectivity index is 2.27. The zero-order valence-electron chi connectivity index (χ0n) is 18.1. The van der Waals surface area contributed by atoms with Crippen molar-refractivity contribution in [3.8, 4) is 5.69 Å². The summed E-state index contributed by atoms with van der Waals surface area (Å²) in [5, 5.41) is 0.548. The number of rotatable bonds is 6. The van der Waals surface area contributed by atoms with Crippen LogP contribution in [0.1, 0.15) is 44.6 Å². The monoisotopic (exact) mass is 425 g/mol. The van der Waals surface area contributed by atoms with E-state index in [1.165, 1.54) is 0 Å². The lowest BCUT2D eigenvalue weighted by Gasteiger charge is -2.34. The number of amides is 1. The summed E-state index contributed by atoms with van der Waals surface area (Å²) in [5.74, 6) is 0.677. The smallest absolute Gasteiger partial charge is 0.266 e. The number of alkyl halides is 1. The molecule has 0 saturated carbocycles. The molecular formula is C24H28ClN3O2. The number of hydrogen-bond donors (Lipinski definition) is 0. The molecule has 0 fully saturated rings. The van der Waals surface area contributed by atoms with Crippen molar-refractivity contribution in [2.45, 2.75) is 40.2 Å². The highest BCUT2D eigenvalue weighted by atomic mass is 35.5. The Bertz CT molecular complexity index is 1120. The summed E-state index contributed by atoms with van der Waals surface area (Å²) in [4.78, 5) is 33.2. The SMILES string of the molecule is CCC(c1nc2ccccc2c(=O)n1-c1ccc(C)cc1)N(C)C(=O)C(C)(C)CCl. The predicted molar refractivity (Wildman–Crippen MR) is 122 cm³/mol. The van der Waals surface area contributed by atoms with Crippen LogP contribution in [0, 0.1) is 12.3 Å². The van der Waals surface area contributed by atoms with Crippen molar-refractivity contribution in [3.63, 3.8) is 0 Å². The standard InChI is InChI=1S/C24H28ClN3O2/c1-6-20(27(5)23(30)24(3,4)15-25)21-26-19-10-8-7-9-18(19)22(29)28(21)17-13-11-16(2)12-14-17/h7-14,20H,6,15H2,1-5H3. The average Bonchev–Trinajstić information content (AvgIpc) is 2.74. The third-order valence-electron chi connectivity index (χ3n) is 5.48. The molecule has 5 nitrogen and oxygen atoms in total. The summed E-state index contributed by atoms with van der Waals surface area (Å²) in [6.45, 7) is 7.64. The predicted octanol–water partition coefficient (Wildman–Crippen LogP) is 4.87. The van der Waals surface area contributed by atoms with Crippen LogP contribution < -0.4 is 5.56 Å². The van der Waals surface area contributed by atoms with Crippen molar-refractivity contribution in [1.82, 2.24) is 14.5 Å². The Labute approximate surface area is 182 Å². The Morgan fingerprint density at radius 2 is 1.80 bits per heavy atom. The second-order valence-electron chi connectivity index (χ2n) is 8.32. The first-order chi connectivity index (χ1) is 14.2. The molecular weight excluding hydrogens is 398 g/mol. The van der Waals surface area contributed by atoms with E-state index in [1.807, 2.05) is 70.2 Å². The number of carbonyl (C=O) groups excluding carboxylic acids is 1. The summed E-state index contributed by atoms with van der Waals surface area (Å²) in [6, 6.07) is 14.7. The number of hydrogen-bond acceptors (Lipinski definition) is 3. The van der Waals surface area contributed by atoms with Gasteiger partial charge in [0.25, 0.3) is 5.56 Å². The van der Waals surface area contributed by atoms with Gasteiger partial charge in [0.15, 0.2) is 0 Å². The molecule has 0 aliphatic heterocycles. The van der Waals surface area contributed by atoms with Crippen LogP contribution in [-0.4, -0.2) is 33.3 Å². The van der Waals surface area contributed by atoms with E-state index in [1.54, 1.807) is 22.6 Å². The van der Waals surface area contributed by atoms with E-state index in [2.05, 4.69) is 0 Å². The molecule has 0 aliphatic carbocycles. The Kier molecular flexibility index (Phi) is 6.32. The van der Waals surface area contributed by atoms with E-state index < -0.39 is 5.41 Å². The van der Waals surface area contributed by atoms with Gasteiger partial charge in [0.2, 0.25) is 5.91 Å². The van der Waals surface area contributed by atoms with Gasteiger partial charge in [-0.25, -0.2) is 4.98 Å². The normalized spacial score (nSPS) is 12.7. The van der Waals surface area contributed by atoms with Crippen LogP contribution in [0.4, 0.5) is 0 Å². The molecule has 30 heavy (non-hydrogen) atoms. The summed E-state index contributed by atoms with van der Waals surface area (Å²) >= 11 is 6.05. The lowest BCUT2D eigenvalue weighted by molar-refractivity contribution is -0.140. The lowest BCUT2D eigenvalue weighted by Crippen LogP contribution is -2.43. The van der Waals surface area contributed by atoms with Crippen molar-refractivity contribution in [2.75, 3.05) is 12.9 Å². The first-order valence-corrected chi connectivity index (χ1v) is 10.7. The van der Waals surface area contributed by atoms with E-state index in [0.717, 1.165) is 11.3 Å². The van der Waals surface area contributed by atoms with Crippen LogP contribution >= 0.6 is 11.6 Å². The van der Waals surface area contributed by atoms with Crippen LogP contribution in [0.3, 0.4) is 0 Å². The second kappa shape index (κ2) is 8.60. The quantitative estimate of drug-likeness (QED) is 0.529. The van der Waals surface area contributed by atoms with Gasteiger partial charge in [0, 0.05) is 12.9 Å². The van der Waals surface area contributed by atoms with Crippen LogP contribution in [0.2, 0.25) is 0 Å². The lowest BCUT2D eigenvalue weighted by atomic mass is 9.93. The zero-order chi connectivity index (χ0) is 22.1. The molecule has 1 heterocycles. The summed E-state index contributed by atoms with van der Waals surface area (Å²) < 4.78 is 1.63. The number of aromatic nitrogens is 2. The molecule has 2 aromatic carbocycles. The third kappa shape index (κ3) is 3.99. The highest BCUT2D eigenvalue weighted by Gasteiger charge is 2.34. The first-order valence-electron chi connectivity index (χ1n) is 10.1. The molecule has 6 heteroatoms. The van der Waals surface area contributed by atoms with Crippen LogP contribution in [-0.2, 0) is 4.79 Å². The number of aryl methyl sites for hydroxylation is 1.